The monoisotopic (exact) mass is 286 g/mol. The minimum absolute atomic E-state index is 0.0397. The van der Waals surface area contributed by atoms with Gasteiger partial charge in [0.05, 0.1) is 12.6 Å². The Morgan fingerprint density at radius 1 is 1.30 bits per heavy atom. The summed E-state index contributed by atoms with van der Waals surface area (Å²) in [6.45, 7) is 5.70. The first-order valence-electron chi connectivity index (χ1n) is 6.34. The van der Waals surface area contributed by atoms with E-state index in [4.69, 9.17) is 0 Å². The van der Waals surface area contributed by atoms with Gasteiger partial charge in [-0.15, -0.1) is 0 Å². The fraction of sp³-hybridized carbons (Fsp3) is 0.500. The predicted octanol–water partition coefficient (Wildman–Crippen LogP) is 1.50. The largest absolute Gasteiger partial charge is 0.387 e. The van der Waals surface area contributed by atoms with Gasteiger partial charge in [-0.2, -0.15) is 0 Å². The van der Waals surface area contributed by atoms with Crippen LogP contribution in [0.1, 0.15) is 32.4 Å². The lowest BCUT2D eigenvalue weighted by atomic mass is 10.1. The van der Waals surface area contributed by atoms with Crippen LogP contribution in [-0.2, 0) is 4.79 Å². The lowest BCUT2D eigenvalue weighted by Gasteiger charge is -2.21. The molecule has 0 aliphatic rings. The molecule has 0 aliphatic heterocycles. The van der Waals surface area contributed by atoms with E-state index < -0.39 is 17.7 Å². The molecule has 20 heavy (non-hydrogen) atoms. The number of carbonyl (C=O) groups excluding carboxylic acids is 1. The molecule has 0 aromatic heterocycles. The van der Waals surface area contributed by atoms with Gasteiger partial charge in [-0.1, -0.05) is 6.07 Å². The number of halogens is 2. The number of aliphatic hydroxyl groups is 1. The Kier molecular flexibility index (Phi) is 5.59. The van der Waals surface area contributed by atoms with E-state index in [2.05, 4.69) is 10.6 Å². The summed E-state index contributed by atoms with van der Waals surface area (Å²) in [5, 5.41) is 15.3. The molecule has 1 aromatic rings. The summed E-state index contributed by atoms with van der Waals surface area (Å²) in [6, 6.07) is 3.21. The Hall–Kier alpha value is -1.53. The highest BCUT2D eigenvalue weighted by Crippen LogP contribution is 2.15. The molecule has 3 N–H and O–H groups in total. The van der Waals surface area contributed by atoms with Crippen LogP contribution in [0.25, 0.3) is 0 Å². The van der Waals surface area contributed by atoms with Gasteiger partial charge in [0.15, 0.2) is 11.6 Å². The normalized spacial score (nSPS) is 13.1. The fourth-order valence-corrected chi connectivity index (χ4v) is 1.62. The van der Waals surface area contributed by atoms with E-state index in [1.54, 1.807) is 0 Å². The molecule has 1 unspecified atom stereocenters. The molecular formula is C14H20F2N2O2. The molecule has 112 valence electrons. The van der Waals surface area contributed by atoms with Gasteiger partial charge in [0, 0.05) is 12.1 Å². The summed E-state index contributed by atoms with van der Waals surface area (Å²) >= 11 is 0. The van der Waals surface area contributed by atoms with Crippen molar-refractivity contribution >= 4 is 5.91 Å². The molecule has 1 amide bonds. The third kappa shape index (κ3) is 5.63. The maximum atomic E-state index is 13.0. The van der Waals surface area contributed by atoms with Crippen LogP contribution in [0, 0.1) is 11.6 Å². The van der Waals surface area contributed by atoms with Gasteiger partial charge in [-0.05, 0) is 38.5 Å². The molecule has 0 bridgehead atoms. The molecule has 1 rings (SSSR count). The molecule has 0 saturated heterocycles. The fourth-order valence-electron chi connectivity index (χ4n) is 1.62. The predicted molar refractivity (Wildman–Crippen MR) is 72.1 cm³/mol. The first-order chi connectivity index (χ1) is 9.19. The Morgan fingerprint density at radius 2 is 1.95 bits per heavy atom. The summed E-state index contributed by atoms with van der Waals surface area (Å²) in [7, 11) is 0. The molecule has 0 saturated carbocycles. The van der Waals surface area contributed by atoms with Gasteiger partial charge in [0.1, 0.15) is 0 Å². The van der Waals surface area contributed by atoms with E-state index >= 15 is 0 Å². The van der Waals surface area contributed by atoms with Crippen LogP contribution in [0.5, 0.6) is 0 Å². The summed E-state index contributed by atoms with van der Waals surface area (Å²) in [5.74, 6) is -2.17. The van der Waals surface area contributed by atoms with E-state index in [0.29, 0.717) is 0 Å². The highest BCUT2D eigenvalue weighted by Gasteiger charge is 2.14. The van der Waals surface area contributed by atoms with Crippen molar-refractivity contribution in [3.8, 4) is 0 Å². The summed E-state index contributed by atoms with van der Waals surface area (Å²) < 4.78 is 25.8. The van der Waals surface area contributed by atoms with Crippen molar-refractivity contribution in [1.82, 2.24) is 10.6 Å². The third-order valence-electron chi connectivity index (χ3n) is 2.47. The highest BCUT2D eigenvalue weighted by molar-refractivity contribution is 5.78. The second-order valence-electron chi connectivity index (χ2n) is 5.62. The van der Waals surface area contributed by atoms with Crippen molar-refractivity contribution in [1.29, 1.82) is 0 Å². The van der Waals surface area contributed by atoms with Crippen molar-refractivity contribution in [2.45, 2.75) is 32.4 Å². The highest BCUT2D eigenvalue weighted by atomic mass is 19.2. The molecule has 0 aliphatic carbocycles. The maximum Gasteiger partial charge on any atom is 0.234 e. The zero-order valence-electron chi connectivity index (χ0n) is 11.8. The molecule has 1 atom stereocenters. The molecular weight excluding hydrogens is 266 g/mol. The number of benzene rings is 1. The number of hydrogen-bond donors (Lipinski definition) is 3. The van der Waals surface area contributed by atoms with Gasteiger partial charge >= 0.3 is 0 Å². The average Bonchev–Trinajstić information content (AvgIpc) is 2.30. The van der Waals surface area contributed by atoms with Crippen molar-refractivity contribution in [3.05, 3.63) is 35.4 Å². The van der Waals surface area contributed by atoms with Gasteiger partial charge in [0.25, 0.3) is 0 Å². The molecule has 4 nitrogen and oxygen atoms in total. The van der Waals surface area contributed by atoms with Crippen LogP contribution in [0.3, 0.4) is 0 Å². The standard InChI is InChI=1S/C14H20F2N2O2/c1-14(2,3)18-13(20)8-17-7-12(19)9-4-5-10(15)11(16)6-9/h4-6,12,17,19H,7-8H2,1-3H3,(H,18,20). The number of rotatable bonds is 5. The molecule has 6 heteroatoms. The second-order valence-corrected chi connectivity index (χ2v) is 5.62. The minimum atomic E-state index is -1.01. The van der Waals surface area contributed by atoms with Gasteiger partial charge in [-0.25, -0.2) is 8.78 Å². The zero-order chi connectivity index (χ0) is 15.3. The third-order valence-corrected chi connectivity index (χ3v) is 2.47. The summed E-state index contributed by atoms with van der Waals surface area (Å²) in [5.41, 5.74) is -0.0649. The summed E-state index contributed by atoms with van der Waals surface area (Å²) in [4.78, 5) is 11.5. The molecule has 0 spiro atoms. The number of aliphatic hydroxyl groups excluding tert-OH is 1. The van der Waals surface area contributed by atoms with E-state index in [-0.39, 0.29) is 30.1 Å². The van der Waals surface area contributed by atoms with Crippen LogP contribution in [0.4, 0.5) is 8.78 Å². The van der Waals surface area contributed by atoms with E-state index in [9.17, 15) is 18.7 Å². The Morgan fingerprint density at radius 3 is 2.50 bits per heavy atom. The number of amides is 1. The molecule has 1 aromatic carbocycles. The zero-order valence-corrected chi connectivity index (χ0v) is 11.8. The lowest BCUT2D eigenvalue weighted by Crippen LogP contribution is -2.45. The van der Waals surface area contributed by atoms with Gasteiger partial charge in [-0.3, -0.25) is 4.79 Å². The van der Waals surface area contributed by atoms with Crippen LogP contribution in [0.15, 0.2) is 18.2 Å². The Labute approximate surface area is 117 Å². The second kappa shape index (κ2) is 6.76. The van der Waals surface area contributed by atoms with E-state index in [1.807, 2.05) is 20.8 Å². The van der Waals surface area contributed by atoms with Crippen molar-refractivity contribution in [3.63, 3.8) is 0 Å². The van der Waals surface area contributed by atoms with Crippen LogP contribution < -0.4 is 10.6 Å². The summed E-state index contributed by atoms with van der Waals surface area (Å²) in [6.07, 6.45) is -1.01. The number of carbonyl (C=O) groups is 1. The van der Waals surface area contributed by atoms with Crippen molar-refractivity contribution in [2.75, 3.05) is 13.1 Å². The van der Waals surface area contributed by atoms with Gasteiger partial charge < -0.3 is 15.7 Å². The van der Waals surface area contributed by atoms with Crippen LogP contribution in [-0.4, -0.2) is 29.6 Å². The van der Waals surface area contributed by atoms with Crippen LogP contribution >= 0.6 is 0 Å². The maximum absolute atomic E-state index is 13.0. The average molecular weight is 286 g/mol. The van der Waals surface area contributed by atoms with Crippen LogP contribution in [0.2, 0.25) is 0 Å². The minimum Gasteiger partial charge on any atom is -0.387 e. The first-order valence-corrected chi connectivity index (χ1v) is 6.34. The topological polar surface area (TPSA) is 61.4 Å². The van der Waals surface area contributed by atoms with Gasteiger partial charge in [0.2, 0.25) is 5.91 Å². The Balaban J connectivity index is 2.42. The number of nitrogens with one attached hydrogen (secondary N) is 2. The first kappa shape index (κ1) is 16.5. The van der Waals surface area contributed by atoms with Crippen molar-refractivity contribution in [2.24, 2.45) is 0 Å². The molecule has 0 heterocycles. The SMILES string of the molecule is CC(C)(C)NC(=O)CNCC(O)c1ccc(F)c(F)c1. The van der Waals surface area contributed by atoms with Crippen molar-refractivity contribution < 1.29 is 18.7 Å². The Bertz CT molecular complexity index is 473. The smallest absolute Gasteiger partial charge is 0.234 e. The van der Waals surface area contributed by atoms with E-state index in [0.717, 1.165) is 12.1 Å². The molecule has 0 radical (unpaired) electrons. The van der Waals surface area contributed by atoms with E-state index in [1.165, 1.54) is 6.07 Å². The molecule has 0 fully saturated rings. The lowest BCUT2D eigenvalue weighted by molar-refractivity contribution is -0.121. The number of hydrogen-bond acceptors (Lipinski definition) is 3. The quantitative estimate of drug-likeness (QED) is 0.769.